The molecule has 0 radical (unpaired) electrons. The second kappa shape index (κ2) is 7.87. The van der Waals surface area contributed by atoms with Crippen molar-refractivity contribution >= 4 is 22.6 Å². The summed E-state index contributed by atoms with van der Waals surface area (Å²) < 4.78 is 10.4. The van der Waals surface area contributed by atoms with Crippen LogP contribution in [0.4, 0.5) is 0 Å². The fourth-order valence-electron chi connectivity index (χ4n) is 2.38. The van der Waals surface area contributed by atoms with E-state index in [1.165, 1.54) is 7.11 Å². The lowest BCUT2D eigenvalue weighted by Crippen LogP contribution is -2.50. The maximum atomic E-state index is 12.4. The largest absolute Gasteiger partial charge is 0.496 e. The molecule has 1 N–H and O–H groups in total. The van der Waals surface area contributed by atoms with Crippen molar-refractivity contribution in [3.63, 3.8) is 0 Å². The van der Waals surface area contributed by atoms with Crippen LogP contribution in [0.1, 0.15) is 31.1 Å². The number of rotatable bonds is 6. The van der Waals surface area contributed by atoms with Crippen molar-refractivity contribution in [3.05, 3.63) is 42.0 Å². The summed E-state index contributed by atoms with van der Waals surface area (Å²) in [5.74, 6) is -0.910. The maximum Gasteiger partial charge on any atom is 0.342 e. The van der Waals surface area contributed by atoms with Crippen molar-refractivity contribution in [1.29, 1.82) is 5.26 Å². The van der Waals surface area contributed by atoms with Crippen molar-refractivity contribution < 1.29 is 19.1 Å². The van der Waals surface area contributed by atoms with Crippen LogP contribution in [0.15, 0.2) is 36.4 Å². The van der Waals surface area contributed by atoms with Gasteiger partial charge in [0.25, 0.3) is 5.91 Å². The van der Waals surface area contributed by atoms with Crippen LogP contribution in [-0.4, -0.2) is 31.1 Å². The minimum atomic E-state index is -1.02. The number of esters is 1. The topological polar surface area (TPSA) is 88.4 Å². The highest BCUT2D eigenvalue weighted by Crippen LogP contribution is 2.26. The van der Waals surface area contributed by atoms with Crippen molar-refractivity contribution in [2.24, 2.45) is 5.92 Å². The smallest absolute Gasteiger partial charge is 0.342 e. The zero-order valence-electron chi connectivity index (χ0n) is 15.3. The third-order valence-corrected chi connectivity index (χ3v) is 4.41. The van der Waals surface area contributed by atoms with Crippen molar-refractivity contribution in [2.75, 3.05) is 13.7 Å². The number of ether oxygens (including phenoxy) is 2. The Kier molecular flexibility index (Phi) is 5.83. The third-order valence-electron chi connectivity index (χ3n) is 4.41. The van der Waals surface area contributed by atoms with Crippen LogP contribution in [0.2, 0.25) is 0 Å². The fourth-order valence-corrected chi connectivity index (χ4v) is 2.38. The molecule has 2 aromatic rings. The lowest BCUT2D eigenvalue weighted by Gasteiger charge is -2.27. The average molecular weight is 354 g/mol. The van der Waals surface area contributed by atoms with E-state index in [9.17, 15) is 14.9 Å². The molecule has 0 saturated carbocycles. The molecule has 0 aliphatic rings. The Bertz CT molecular complexity index is 870. The number of hydrogen-bond donors (Lipinski definition) is 1. The highest BCUT2D eigenvalue weighted by atomic mass is 16.5. The SMILES string of the molecule is COc1cc2ccccc2cc1C(=O)OCC(=O)N[C@@](C)(C#N)C(C)C. The Hall–Kier alpha value is -3.07. The summed E-state index contributed by atoms with van der Waals surface area (Å²) in [6.45, 7) is 4.81. The molecule has 6 heteroatoms. The minimum Gasteiger partial charge on any atom is -0.496 e. The molecule has 136 valence electrons. The van der Waals surface area contributed by atoms with Gasteiger partial charge < -0.3 is 14.8 Å². The van der Waals surface area contributed by atoms with Gasteiger partial charge in [0.05, 0.1) is 13.2 Å². The zero-order valence-corrected chi connectivity index (χ0v) is 15.3. The standard InChI is InChI=1S/C20H22N2O4/c1-13(2)20(3,12-21)22-18(23)11-26-19(24)16-9-14-7-5-6-8-15(14)10-17(16)25-4/h5-10,13H,11H2,1-4H3,(H,22,23)/t20-/m0/s1. The van der Waals surface area contributed by atoms with E-state index < -0.39 is 24.0 Å². The number of benzene rings is 2. The fraction of sp³-hybridized carbons (Fsp3) is 0.350. The molecule has 1 atom stereocenters. The number of methoxy groups -OCH3 is 1. The molecule has 6 nitrogen and oxygen atoms in total. The van der Waals surface area contributed by atoms with E-state index >= 15 is 0 Å². The summed E-state index contributed by atoms with van der Waals surface area (Å²) in [5.41, 5.74) is -0.782. The second-order valence-electron chi connectivity index (χ2n) is 6.49. The molecule has 0 bridgehead atoms. The highest BCUT2D eigenvalue weighted by Gasteiger charge is 2.30. The third kappa shape index (κ3) is 4.12. The molecule has 0 aromatic heterocycles. The number of nitrogens with zero attached hydrogens (tertiary/aromatic N) is 1. The first-order valence-electron chi connectivity index (χ1n) is 8.27. The van der Waals surface area contributed by atoms with E-state index in [0.717, 1.165) is 10.8 Å². The molecule has 0 heterocycles. The number of nitriles is 1. The molecular weight excluding hydrogens is 332 g/mol. The van der Waals surface area contributed by atoms with Crippen molar-refractivity contribution in [1.82, 2.24) is 5.32 Å². The zero-order chi connectivity index (χ0) is 19.3. The van der Waals surface area contributed by atoms with Gasteiger partial charge in [-0.25, -0.2) is 4.79 Å². The molecule has 0 fully saturated rings. The summed E-state index contributed by atoms with van der Waals surface area (Å²) in [6.07, 6.45) is 0. The number of hydrogen-bond acceptors (Lipinski definition) is 5. The molecule has 2 rings (SSSR count). The summed E-state index contributed by atoms with van der Waals surface area (Å²) in [5, 5.41) is 13.6. The van der Waals surface area contributed by atoms with Crippen LogP contribution < -0.4 is 10.1 Å². The summed E-state index contributed by atoms with van der Waals surface area (Å²) >= 11 is 0. The van der Waals surface area contributed by atoms with Gasteiger partial charge in [-0.05, 0) is 35.7 Å². The Labute approximate surface area is 152 Å². The van der Waals surface area contributed by atoms with Gasteiger partial charge in [-0.3, -0.25) is 4.79 Å². The van der Waals surface area contributed by atoms with Gasteiger partial charge in [0.15, 0.2) is 6.61 Å². The summed E-state index contributed by atoms with van der Waals surface area (Å²) in [4.78, 5) is 24.4. The van der Waals surface area contributed by atoms with Crippen LogP contribution in [0.25, 0.3) is 10.8 Å². The number of nitrogens with one attached hydrogen (secondary N) is 1. The van der Waals surface area contributed by atoms with Gasteiger partial charge >= 0.3 is 5.97 Å². The monoisotopic (exact) mass is 354 g/mol. The number of amides is 1. The number of fused-ring (bicyclic) bond motifs is 1. The van der Waals surface area contributed by atoms with Crippen LogP contribution in [0, 0.1) is 17.2 Å². The van der Waals surface area contributed by atoms with E-state index in [2.05, 4.69) is 11.4 Å². The van der Waals surface area contributed by atoms with Crippen molar-refractivity contribution in [3.8, 4) is 11.8 Å². The molecule has 0 unspecified atom stereocenters. The first kappa shape index (κ1) is 19.3. The molecule has 0 aliphatic heterocycles. The van der Waals surface area contributed by atoms with E-state index in [1.54, 1.807) is 19.1 Å². The van der Waals surface area contributed by atoms with Crippen LogP contribution in [0.3, 0.4) is 0 Å². The van der Waals surface area contributed by atoms with Crippen LogP contribution >= 0.6 is 0 Å². The maximum absolute atomic E-state index is 12.4. The summed E-state index contributed by atoms with van der Waals surface area (Å²) in [6, 6.07) is 13.0. The molecular formula is C20H22N2O4. The average Bonchev–Trinajstić information content (AvgIpc) is 2.64. The molecule has 0 saturated heterocycles. The Morgan fingerprint density at radius 1 is 1.23 bits per heavy atom. The Balaban J connectivity index is 2.12. The second-order valence-corrected chi connectivity index (χ2v) is 6.49. The van der Waals surface area contributed by atoms with E-state index in [-0.39, 0.29) is 11.5 Å². The van der Waals surface area contributed by atoms with E-state index in [1.807, 2.05) is 38.1 Å². The van der Waals surface area contributed by atoms with E-state index in [4.69, 9.17) is 9.47 Å². The Morgan fingerprint density at radius 3 is 2.38 bits per heavy atom. The van der Waals surface area contributed by atoms with Gasteiger partial charge in [0, 0.05) is 0 Å². The van der Waals surface area contributed by atoms with Gasteiger partial charge in [-0.15, -0.1) is 0 Å². The number of carbonyl (C=O) groups excluding carboxylic acids is 2. The lowest BCUT2D eigenvalue weighted by atomic mass is 9.90. The van der Waals surface area contributed by atoms with E-state index in [0.29, 0.717) is 5.75 Å². The van der Waals surface area contributed by atoms with Gasteiger partial charge in [-0.2, -0.15) is 5.26 Å². The predicted molar refractivity (Wildman–Crippen MR) is 97.8 cm³/mol. The molecule has 0 spiro atoms. The van der Waals surface area contributed by atoms with Crippen molar-refractivity contribution in [2.45, 2.75) is 26.3 Å². The lowest BCUT2D eigenvalue weighted by molar-refractivity contribution is -0.125. The molecule has 2 aromatic carbocycles. The molecule has 1 amide bonds. The van der Waals surface area contributed by atoms with Gasteiger partial charge in [0.1, 0.15) is 16.9 Å². The minimum absolute atomic E-state index is 0.0901. The highest BCUT2D eigenvalue weighted by molar-refractivity contribution is 5.99. The summed E-state index contributed by atoms with van der Waals surface area (Å²) in [7, 11) is 1.47. The predicted octanol–water partition coefficient (Wildman–Crippen LogP) is 3.06. The normalized spacial score (nSPS) is 12.9. The quantitative estimate of drug-likeness (QED) is 0.806. The molecule has 26 heavy (non-hydrogen) atoms. The molecule has 0 aliphatic carbocycles. The number of carbonyl (C=O) groups is 2. The van der Waals surface area contributed by atoms with Gasteiger partial charge in [-0.1, -0.05) is 38.1 Å². The van der Waals surface area contributed by atoms with Crippen LogP contribution in [-0.2, 0) is 9.53 Å². The first-order chi connectivity index (χ1) is 12.3. The van der Waals surface area contributed by atoms with Gasteiger partial charge in [0.2, 0.25) is 0 Å². The Morgan fingerprint density at radius 2 is 1.85 bits per heavy atom. The van der Waals surface area contributed by atoms with Crippen LogP contribution in [0.5, 0.6) is 5.75 Å². The first-order valence-corrected chi connectivity index (χ1v) is 8.27.